The number of hydrogen-bond donors (Lipinski definition) is 1. The first-order chi connectivity index (χ1) is 6.42. The van der Waals surface area contributed by atoms with E-state index in [-0.39, 0.29) is 0 Å². The Labute approximate surface area is 78.7 Å². The summed E-state index contributed by atoms with van der Waals surface area (Å²) in [5, 5.41) is 15.6. The molecule has 0 saturated heterocycles. The predicted octanol–water partition coefficient (Wildman–Crippen LogP) is 1.33. The minimum Gasteiger partial charge on any atom is -0.492 e. The lowest BCUT2D eigenvalue weighted by Crippen LogP contribution is -1.91. The van der Waals surface area contributed by atoms with Gasteiger partial charge in [-0.15, -0.1) is 21.5 Å². The summed E-state index contributed by atoms with van der Waals surface area (Å²) in [4.78, 5) is 0.913. The van der Waals surface area contributed by atoms with E-state index in [0.717, 1.165) is 10.6 Å². The number of aromatic amines is 1. The number of rotatable bonds is 3. The summed E-state index contributed by atoms with van der Waals surface area (Å²) < 4.78 is 5.39. The van der Waals surface area contributed by atoms with Gasteiger partial charge in [0.15, 0.2) is 0 Å². The van der Waals surface area contributed by atoms with Gasteiger partial charge in [-0.25, -0.2) is 0 Å². The molecular formula is C7H8N4OS. The smallest absolute Gasteiger partial charge is 0.218 e. The lowest BCUT2D eigenvalue weighted by Gasteiger charge is -1.99. The summed E-state index contributed by atoms with van der Waals surface area (Å²) >= 11 is 1.54. The van der Waals surface area contributed by atoms with Crippen LogP contribution in [0.5, 0.6) is 5.75 Å². The van der Waals surface area contributed by atoms with Gasteiger partial charge < -0.3 is 4.74 Å². The van der Waals surface area contributed by atoms with E-state index < -0.39 is 0 Å². The number of nitrogens with zero attached hydrogens (tertiary/aromatic N) is 3. The second kappa shape index (κ2) is 3.53. The van der Waals surface area contributed by atoms with Gasteiger partial charge in [0.05, 0.1) is 6.61 Å². The zero-order valence-corrected chi connectivity index (χ0v) is 7.84. The van der Waals surface area contributed by atoms with Crippen LogP contribution in [0, 0.1) is 0 Å². The zero-order valence-electron chi connectivity index (χ0n) is 7.02. The second-order valence-electron chi connectivity index (χ2n) is 2.28. The Morgan fingerprint density at radius 2 is 2.54 bits per heavy atom. The molecule has 0 unspecified atom stereocenters. The third kappa shape index (κ3) is 1.52. The number of tetrazole rings is 1. The van der Waals surface area contributed by atoms with Crippen molar-refractivity contribution in [2.24, 2.45) is 0 Å². The fraction of sp³-hybridized carbons (Fsp3) is 0.286. The predicted molar refractivity (Wildman–Crippen MR) is 48.7 cm³/mol. The van der Waals surface area contributed by atoms with Crippen LogP contribution >= 0.6 is 11.3 Å². The number of nitrogens with one attached hydrogen (secondary N) is 1. The summed E-state index contributed by atoms with van der Waals surface area (Å²) in [6.07, 6.45) is 0. The van der Waals surface area contributed by atoms with Crippen LogP contribution in [0.3, 0.4) is 0 Å². The lowest BCUT2D eigenvalue weighted by atomic mass is 10.4. The van der Waals surface area contributed by atoms with Crippen LogP contribution in [-0.4, -0.2) is 27.2 Å². The van der Waals surface area contributed by atoms with E-state index in [4.69, 9.17) is 4.74 Å². The molecular weight excluding hydrogens is 188 g/mol. The van der Waals surface area contributed by atoms with Crippen molar-refractivity contribution in [1.29, 1.82) is 0 Å². The van der Waals surface area contributed by atoms with Crippen molar-refractivity contribution >= 4 is 11.3 Å². The molecule has 0 aliphatic carbocycles. The van der Waals surface area contributed by atoms with Gasteiger partial charge in [-0.05, 0) is 23.6 Å². The Morgan fingerprint density at radius 3 is 3.23 bits per heavy atom. The standard InChI is InChI=1S/C7H8N4OS/c1-2-12-5-3-4-13-6(5)7-8-10-11-9-7/h3-4H,2H2,1H3,(H,8,9,10,11). The van der Waals surface area contributed by atoms with Crippen LogP contribution in [0.4, 0.5) is 0 Å². The van der Waals surface area contributed by atoms with E-state index in [9.17, 15) is 0 Å². The molecule has 13 heavy (non-hydrogen) atoms. The lowest BCUT2D eigenvalue weighted by molar-refractivity contribution is 0.343. The first-order valence-electron chi connectivity index (χ1n) is 3.86. The van der Waals surface area contributed by atoms with Gasteiger partial charge >= 0.3 is 0 Å². The summed E-state index contributed by atoms with van der Waals surface area (Å²) in [6, 6.07) is 1.90. The van der Waals surface area contributed by atoms with Crippen LogP contribution in [0.25, 0.3) is 10.7 Å². The maximum Gasteiger partial charge on any atom is 0.218 e. The highest BCUT2D eigenvalue weighted by atomic mass is 32.1. The molecule has 2 aromatic rings. The number of H-pyrrole nitrogens is 1. The first-order valence-corrected chi connectivity index (χ1v) is 4.74. The van der Waals surface area contributed by atoms with Gasteiger partial charge in [-0.3, -0.25) is 0 Å². The third-order valence-electron chi connectivity index (χ3n) is 1.48. The van der Waals surface area contributed by atoms with Crippen molar-refractivity contribution in [1.82, 2.24) is 20.6 Å². The van der Waals surface area contributed by atoms with Crippen LogP contribution in [0.15, 0.2) is 11.4 Å². The molecule has 0 aliphatic rings. The van der Waals surface area contributed by atoms with Gasteiger partial charge in [-0.2, -0.15) is 5.21 Å². The van der Waals surface area contributed by atoms with Gasteiger partial charge in [0.2, 0.25) is 5.82 Å². The van der Waals surface area contributed by atoms with Crippen molar-refractivity contribution in [3.8, 4) is 16.5 Å². The molecule has 2 heterocycles. The van der Waals surface area contributed by atoms with Crippen molar-refractivity contribution in [2.45, 2.75) is 6.92 Å². The SMILES string of the molecule is CCOc1ccsc1-c1nn[nH]n1. The molecule has 6 heteroatoms. The van der Waals surface area contributed by atoms with Gasteiger partial charge in [0.1, 0.15) is 10.6 Å². The van der Waals surface area contributed by atoms with Crippen molar-refractivity contribution < 1.29 is 4.74 Å². The summed E-state index contributed by atoms with van der Waals surface area (Å²) in [7, 11) is 0. The van der Waals surface area contributed by atoms with Crippen molar-refractivity contribution in [3.05, 3.63) is 11.4 Å². The van der Waals surface area contributed by atoms with Crippen molar-refractivity contribution in [3.63, 3.8) is 0 Å². The molecule has 0 radical (unpaired) electrons. The molecule has 2 aromatic heterocycles. The average Bonchev–Trinajstić information content (AvgIpc) is 2.71. The highest BCUT2D eigenvalue weighted by molar-refractivity contribution is 7.13. The summed E-state index contributed by atoms with van der Waals surface area (Å²) in [5.74, 6) is 1.40. The molecule has 68 valence electrons. The molecule has 0 amide bonds. The first kappa shape index (κ1) is 8.18. The van der Waals surface area contributed by atoms with Crippen LogP contribution in [0.2, 0.25) is 0 Å². The molecule has 0 fully saturated rings. The maximum atomic E-state index is 5.39. The van der Waals surface area contributed by atoms with Crippen molar-refractivity contribution in [2.75, 3.05) is 6.61 Å². The minimum atomic E-state index is 0.582. The van der Waals surface area contributed by atoms with E-state index in [1.54, 1.807) is 0 Å². The number of ether oxygens (including phenoxy) is 1. The largest absolute Gasteiger partial charge is 0.492 e. The fourth-order valence-electron chi connectivity index (χ4n) is 0.988. The number of hydrogen-bond acceptors (Lipinski definition) is 5. The number of thiophene rings is 1. The molecule has 0 aromatic carbocycles. The quantitative estimate of drug-likeness (QED) is 0.804. The second-order valence-corrected chi connectivity index (χ2v) is 3.20. The van der Waals surface area contributed by atoms with E-state index in [1.165, 1.54) is 11.3 Å². The summed E-state index contributed by atoms with van der Waals surface area (Å²) in [6.45, 7) is 2.58. The van der Waals surface area contributed by atoms with Gasteiger partial charge in [0, 0.05) is 0 Å². The maximum absolute atomic E-state index is 5.39. The Hall–Kier alpha value is -1.43. The molecule has 0 saturated carbocycles. The molecule has 0 atom stereocenters. The molecule has 0 spiro atoms. The van der Waals surface area contributed by atoms with E-state index in [2.05, 4.69) is 20.6 Å². The third-order valence-corrected chi connectivity index (χ3v) is 2.37. The van der Waals surface area contributed by atoms with E-state index >= 15 is 0 Å². The minimum absolute atomic E-state index is 0.582. The van der Waals surface area contributed by atoms with Gasteiger partial charge in [-0.1, -0.05) is 0 Å². The number of aromatic nitrogens is 4. The highest BCUT2D eigenvalue weighted by Gasteiger charge is 2.11. The monoisotopic (exact) mass is 196 g/mol. The Morgan fingerprint density at radius 1 is 1.62 bits per heavy atom. The molecule has 1 N–H and O–H groups in total. The molecule has 0 aliphatic heterocycles. The highest BCUT2D eigenvalue weighted by Crippen LogP contribution is 2.32. The Kier molecular flexibility index (Phi) is 2.22. The van der Waals surface area contributed by atoms with Crippen LogP contribution in [0.1, 0.15) is 6.92 Å². The fourth-order valence-corrected chi connectivity index (χ4v) is 1.75. The zero-order chi connectivity index (χ0) is 9.10. The summed E-state index contributed by atoms with van der Waals surface area (Å²) in [5.41, 5.74) is 0. The van der Waals surface area contributed by atoms with Crippen LogP contribution < -0.4 is 4.74 Å². The van der Waals surface area contributed by atoms with E-state index in [0.29, 0.717) is 12.4 Å². The Bertz CT molecular complexity index is 370. The molecule has 5 nitrogen and oxygen atoms in total. The topological polar surface area (TPSA) is 63.7 Å². The Balaban J connectivity index is 2.35. The molecule has 2 rings (SSSR count). The normalized spacial score (nSPS) is 10.2. The average molecular weight is 196 g/mol. The molecule has 0 bridgehead atoms. The van der Waals surface area contributed by atoms with Gasteiger partial charge in [0.25, 0.3) is 0 Å². The van der Waals surface area contributed by atoms with E-state index in [1.807, 2.05) is 18.4 Å². The van der Waals surface area contributed by atoms with Crippen LogP contribution in [-0.2, 0) is 0 Å².